The molecule has 1 heteroatoms. The molecule has 0 amide bonds. The van der Waals surface area contributed by atoms with E-state index in [1.165, 1.54) is 50.0 Å². The van der Waals surface area contributed by atoms with Gasteiger partial charge in [0, 0.05) is 18.1 Å². The molecule has 0 atom stereocenters. The number of fused-ring (bicyclic) bond motifs is 1. The van der Waals surface area contributed by atoms with Gasteiger partial charge >= 0.3 is 0 Å². The zero-order chi connectivity index (χ0) is 18.3. The molecule has 0 spiro atoms. The Morgan fingerprint density at radius 2 is 1.31 bits per heavy atom. The summed E-state index contributed by atoms with van der Waals surface area (Å²) in [5, 5.41) is 2.65. The lowest BCUT2D eigenvalue weighted by Crippen LogP contribution is -2.36. The summed E-state index contributed by atoms with van der Waals surface area (Å²) < 4.78 is 2.34. The molecule has 0 saturated heterocycles. The molecule has 3 aromatic carbocycles. The van der Waals surface area contributed by atoms with Crippen LogP contribution < -0.4 is 4.57 Å². The molecule has 1 aromatic heterocycles. The van der Waals surface area contributed by atoms with Crippen molar-refractivity contribution >= 4 is 10.8 Å². The maximum absolute atomic E-state index is 2.34. The number of hydrogen-bond donors (Lipinski definition) is 0. The first-order valence-corrected chi connectivity index (χ1v) is 9.12. The van der Waals surface area contributed by atoms with E-state index in [1.807, 2.05) is 0 Å². The van der Waals surface area contributed by atoms with E-state index in [9.17, 15) is 0 Å². The normalized spacial score (nSPS) is 11.1. The average molecular weight is 338 g/mol. The summed E-state index contributed by atoms with van der Waals surface area (Å²) in [5.41, 5.74) is 9.08. The van der Waals surface area contributed by atoms with Gasteiger partial charge in [0.05, 0.1) is 5.39 Å². The molecule has 1 heterocycles. The summed E-state index contributed by atoms with van der Waals surface area (Å²) in [6.45, 7) is 6.64. The van der Waals surface area contributed by atoms with Crippen LogP contribution in [-0.4, -0.2) is 0 Å². The first-order valence-electron chi connectivity index (χ1n) is 9.12. The van der Waals surface area contributed by atoms with E-state index in [1.54, 1.807) is 0 Å². The number of hydrogen-bond acceptors (Lipinski definition) is 0. The molecule has 128 valence electrons. The Kier molecular flexibility index (Phi) is 4.08. The first-order chi connectivity index (χ1) is 12.6. The smallest absolute Gasteiger partial charge is 0.198 e. The van der Waals surface area contributed by atoms with Gasteiger partial charge in [-0.25, -0.2) is 0 Å². The predicted molar refractivity (Wildman–Crippen MR) is 110 cm³/mol. The highest BCUT2D eigenvalue weighted by Crippen LogP contribution is 2.32. The van der Waals surface area contributed by atoms with Crippen molar-refractivity contribution in [2.45, 2.75) is 20.8 Å². The van der Waals surface area contributed by atoms with Crippen LogP contribution >= 0.6 is 0 Å². The highest BCUT2D eigenvalue weighted by Gasteiger charge is 2.22. The Morgan fingerprint density at radius 1 is 0.654 bits per heavy atom. The van der Waals surface area contributed by atoms with Crippen molar-refractivity contribution in [3.05, 3.63) is 89.6 Å². The number of aromatic nitrogens is 1. The average Bonchev–Trinajstić information content (AvgIpc) is 2.68. The molecular formula is C25H24N+. The Morgan fingerprint density at radius 3 is 2.00 bits per heavy atom. The summed E-state index contributed by atoms with van der Waals surface area (Å²) in [6, 6.07) is 26.1. The van der Waals surface area contributed by atoms with Crippen LogP contribution in [0.3, 0.4) is 0 Å². The van der Waals surface area contributed by atoms with E-state index >= 15 is 0 Å². The monoisotopic (exact) mass is 338 g/mol. The third kappa shape index (κ3) is 2.61. The lowest BCUT2D eigenvalue weighted by atomic mass is 9.94. The minimum Gasteiger partial charge on any atom is -0.198 e. The first kappa shape index (κ1) is 16.5. The molecule has 0 aliphatic heterocycles. The van der Waals surface area contributed by atoms with E-state index in [0.29, 0.717) is 0 Å². The SMILES string of the molecule is Cc1cc(-c2ccccc2)ccc1-c1c2ccccc2c(C)c(C)[n+]1C. The molecule has 0 saturated carbocycles. The van der Waals surface area contributed by atoms with Crippen molar-refractivity contribution in [2.75, 3.05) is 0 Å². The lowest BCUT2D eigenvalue weighted by molar-refractivity contribution is -0.665. The van der Waals surface area contributed by atoms with Crippen molar-refractivity contribution < 1.29 is 4.57 Å². The van der Waals surface area contributed by atoms with Crippen molar-refractivity contribution in [1.82, 2.24) is 0 Å². The fraction of sp³-hybridized carbons (Fsp3) is 0.160. The maximum Gasteiger partial charge on any atom is 0.220 e. The molecule has 0 fully saturated rings. The highest BCUT2D eigenvalue weighted by molar-refractivity contribution is 5.96. The van der Waals surface area contributed by atoms with Gasteiger partial charge in [-0.05, 0) is 48.1 Å². The van der Waals surface area contributed by atoms with E-state index in [0.717, 1.165) is 0 Å². The lowest BCUT2D eigenvalue weighted by Gasteiger charge is -2.13. The Balaban J connectivity index is 1.97. The molecule has 26 heavy (non-hydrogen) atoms. The third-order valence-electron chi connectivity index (χ3n) is 5.56. The molecular weight excluding hydrogens is 314 g/mol. The van der Waals surface area contributed by atoms with Gasteiger partial charge in [0.25, 0.3) is 0 Å². The zero-order valence-corrected chi connectivity index (χ0v) is 15.9. The van der Waals surface area contributed by atoms with E-state index in [-0.39, 0.29) is 0 Å². The minimum absolute atomic E-state index is 1.26. The van der Waals surface area contributed by atoms with E-state index in [4.69, 9.17) is 0 Å². The molecule has 0 unspecified atom stereocenters. The molecule has 0 aliphatic carbocycles. The largest absolute Gasteiger partial charge is 0.220 e. The summed E-state index contributed by atoms with van der Waals surface area (Å²) >= 11 is 0. The second-order valence-electron chi connectivity index (χ2n) is 7.06. The number of rotatable bonds is 2. The van der Waals surface area contributed by atoms with Crippen LogP contribution in [0.1, 0.15) is 16.8 Å². The van der Waals surface area contributed by atoms with Gasteiger partial charge < -0.3 is 0 Å². The molecule has 0 bridgehead atoms. The highest BCUT2D eigenvalue weighted by atomic mass is 14.9. The van der Waals surface area contributed by atoms with Crippen LogP contribution in [0.15, 0.2) is 72.8 Å². The molecule has 1 nitrogen and oxygen atoms in total. The minimum atomic E-state index is 1.26. The van der Waals surface area contributed by atoms with Crippen LogP contribution in [0.5, 0.6) is 0 Å². The van der Waals surface area contributed by atoms with E-state index in [2.05, 4.69) is 105 Å². The second kappa shape index (κ2) is 6.42. The molecule has 0 N–H and O–H groups in total. The molecule has 0 radical (unpaired) electrons. The summed E-state index contributed by atoms with van der Waals surface area (Å²) in [5.74, 6) is 0. The standard InChI is InChI=1S/C25H24N/c1-17-16-21(20-10-6-5-7-11-20)14-15-22(17)25-24-13-9-8-12-23(24)18(2)19(3)26(25)4/h5-16H,1-4H3/q+1. The van der Waals surface area contributed by atoms with Gasteiger partial charge in [-0.3, -0.25) is 0 Å². The number of nitrogens with zero attached hydrogens (tertiary/aromatic N) is 1. The number of pyridine rings is 1. The van der Waals surface area contributed by atoms with Crippen LogP contribution in [0.2, 0.25) is 0 Å². The summed E-state index contributed by atoms with van der Waals surface area (Å²) in [7, 11) is 2.18. The maximum atomic E-state index is 2.34. The fourth-order valence-electron chi connectivity index (χ4n) is 3.88. The molecule has 0 aliphatic rings. The van der Waals surface area contributed by atoms with Crippen LogP contribution in [0.4, 0.5) is 0 Å². The van der Waals surface area contributed by atoms with Crippen molar-refractivity contribution in [2.24, 2.45) is 7.05 Å². The zero-order valence-electron chi connectivity index (χ0n) is 15.9. The number of aryl methyl sites for hydroxylation is 2. The van der Waals surface area contributed by atoms with Gasteiger partial charge in [-0.2, -0.15) is 4.57 Å². The van der Waals surface area contributed by atoms with E-state index < -0.39 is 0 Å². The van der Waals surface area contributed by atoms with Crippen LogP contribution in [0, 0.1) is 20.8 Å². The van der Waals surface area contributed by atoms with Crippen molar-refractivity contribution in [1.29, 1.82) is 0 Å². The van der Waals surface area contributed by atoms with Crippen LogP contribution in [0.25, 0.3) is 33.2 Å². The molecule has 4 aromatic rings. The van der Waals surface area contributed by atoms with Gasteiger partial charge in [-0.1, -0.05) is 60.7 Å². The van der Waals surface area contributed by atoms with Gasteiger partial charge in [0.1, 0.15) is 7.05 Å². The van der Waals surface area contributed by atoms with Gasteiger partial charge in [0.2, 0.25) is 5.69 Å². The summed E-state index contributed by atoms with van der Waals surface area (Å²) in [4.78, 5) is 0. The summed E-state index contributed by atoms with van der Waals surface area (Å²) in [6.07, 6.45) is 0. The Labute approximate surface area is 155 Å². The van der Waals surface area contributed by atoms with Crippen LogP contribution in [-0.2, 0) is 7.05 Å². The third-order valence-corrected chi connectivity index (χ3v) is 5.56. The quantitative estimate of drug-likeness (QED) is 0.399. The second-order valence-corrected chi connectivity index (χ2v) is 7.06. The number of benzene rings is 3. The topological polar surface area (TPSA) is 3.88 Å². The van der Waals surface area contributed by atoms with Crippen molar-refractivity contribution in [3.8, 4) is 22.4 Å². The van der Waals surface area contributed by atoms with Gasteiger partial charge in [0.15, 0.2) is 5.69 Å². The Hall–Kier alpha value is -2.93. The van der Waals surface area contributed by atoms with Gasteiger partial charge in [-0.15, -0.1) is 0 Å². The van der Waals surface area contributed by atoms with Crippen molar-refractivity contribution in [3.63, 3.8) is 0 Å². The fourth-order valence-corrected chi connectivity index (χ4v) is 3.88. The predicted octanol–water partition coefficient (Wildman–Crippen LogP) is 5.92. The molecule has 4 rings (SSSR count). The Bertz CT molecular complexity index is 1110.